The number of anilines is 2. The second-order valence-electron chi connectivity index (χ2n) is 9.23. The predicted molar refractivity (Wildman–Crippen MR) is 141 cm³/mol. The molecule has 0 aliphatic carbocycles. The second kappa shape index (κ2) is 11.5. The molecule has 0 saturated carbocycles. The van der Waals surface area contributed by atoms with Crippen LogP contribution in [0.3, 0.4) is 0 Å². The summed E-state index contributed by atoms with van der Waals surface area (Å²) in [6.07, 6.45) is 3.29. The molecule has 3 N–H and O–H groups in total. The zero-order valence-corrected chi connectivity index (χ0v) is 20.6. The van der Waals surface area contributed by atoms with Crippen LogP contribution in [0.25, 0.3) is 10.9 Å². The van der Waals surface area contributed by atoms with Crippen molar-refractivity contribution >= 4 is 28.3 Å². The first-order valence-electron chi connectivity index (χ1n) is 12.8. The molecule has 1 fully saturated rings. The van der Waals surface area contributed by atoms with Crippen molar-refractivity contribution in [3.05, 3.63) is 48.0 Å². The molecule has 0 bridgehead atoms. The number of pyridine rings is 2. The Kier molecular flexibility index (Phi) is 7.78. The number of amides is 1. The number of rotatable bonds is 10. The van der Waals surface area contributed by atoms with E-state index in [2.05, 4.69) is 44.4 Å². The number of nitrogens with one attached hydrogen (secondary N) is 1. The second-order valence-corrected chi connectivity index (χ2v) is 9.23. The van der Waals surface area contributed by atoms with Gasteiger partial charge >= 0.3 is 0 Å². The van der Waals surface area contributed by atoms with Crippen molar-refractivity contribution in [2.75, 3.05) is 62.7 Å². The quantitative estimate of drug-likeness (QED) is 0.418. The molecule has 1 amide bonds. The zero-order valence-electron chi connectivity index (χ0n) is 20.6. The van der Waals surface area contributed by atoms with Gasteiger partial charge in [-0.15, -0.1) is 0 Å². The third-order valence-electron chi connectivity index (χ3n) is 6.71. The Morgan fingerprint density at radius 1 is 0.889 bits per heavy atom. The molecule has 0 spiro atoms. The number of unbranched alkanes of at least 4 members (excludes halogenated alkanes) is 1. The van der Waals surface area contributed by atoms with Crippen LogP contribution >= 0.6 is 0 Å². The molecule has 9 nitrogen and oxygen atoms in total. The minimum Gasteiger partial charge on any atom is -0.478 e. The fraction of sp³-hybridized carbons (Fsp3) is 0.444. The molecule has 4 heterocycles. The highest BCUT2D eigenvalue weighted by Gasteiger charge is 2.20. The minimum atomic E-state index is 0.0187. The van der Waals surface area contributed by atoms with E-state index in [0.29, 0.717) is 43.8 Å². The van der Waals surface area contributed by atoms with Crippen LogP contribution in [0.15, 0.2) is 42.5 Å². The number of carbonyl (C=O) groups excluding carboxylic acids is 1. The Morgan fingerprint density at radius 3 is 2.56 bits per heavy atom. The van der Waals surface area contributed by atoms with Gasteiger partial charge in [-0.2, -0.15) is 4.98 Å². The van der Waals surface area contributed by atoms with E-state index in [1.165, 1.54) is 0 Å². The van der Waals surface area contributed by atoms with Gasteiger partial charge < -0.3 is 25.4 Å². The SMILES string of the molecule is NCCOc1ccc2cccc(N3CCN(CCCCOc4ccc5c(n4)NC(=O)CC5)CC3)c2n1. The average molecular weight is 491 g/mol. The Hall–Kier alpha value is -3.43. The topological polar surface area (TPSA) is 106 Å². The number of hydrogen-bond acceptors (Lipinski definition) is 8. The van der Waals surface area contributed by atoms with Crippen LogP contribution < -0.4 is 25.4 Å². The van der Waals surface area contributed by atoms with E-state index in [4.69, 9.17) is 20.2 Å². The molecule has 1 aromatic carbocycles. The van der Waals surface area contributed by atoms with E-state index in [1.807, 2.05) is 18.2 Å². The Balaban J connectivity index is 1.07. The highest BCUT2D eigenvalue weighted by atomic mass is 16.5. The number of benzene rings is 1. The molecule has 2 aliphatic rings. The summed E-state index contributed by atoms with van der Waals surface area (Å²) in [4.78, 5) is 25.7. The van der Waals surface area contributed by atoms with Crippen molar-refractivity contribution in [3.63, 3.8) is 0 Å². The normalized spacial score (nSPS) is 16.0. The van der Waals surface area contributed by atoms with Crippen molar-refractivity contribution in [1.82, 2.24) is 14.9 Å². The summed E-state index contributed by atoms with van der Waals surface area (Å²) in [6.45, 7) is 6.59. The molecule has 0 unspecified atom stereocenters. The number of aromatic nitrogens is 2. The lowest BCUT2D eigenvalue weighted by molar-refractivity contribution is -0.116. The molecule has 190 valence electrons. The maximum atomic E-state index is 11.6. The molecule has 9 heteroatoms. The van der Waals surface area contributed by atoms with Crippen molar-refractivity contribution in [3.8, 4) is 11.8 Å². The average Bonchev–Trinajstić information content (AvgIpc) is 2.91. The third-order valence-corrected chi connectivity index (χ3v) is 6.71. The van der Waals surface area contributed by atoms with Gasteiger partial charge in [-0.3, -0.25) is 9.69 Å². The third kappa shape index (κ3) is 5.85. The highest BCUT2D eigenvalue weighted by molar-refractivity contribution is 5.93. The highest BCUT2D eigenvalue weighted by Crippen LogP contribution is 2.28. The number of ether oxygens (including phenoxy) is 2. The van der Waals surface area contributed by atoms with Gasteiger partial charge in [0.15, 0.2) is 0 Å². The molecule has 5 rings (SSSR count). The zero-order chi connectivity index (χ0) is 24.7. The van der Waals surface area contributed by atoms with E-state index < -0.39 is 0 Å². The number of carbonyl (C=O) groups is 1. The Bertz CT molecular complexity index is 1200. The van der Waals surface area contributed by atoms with Crippen LogP contribution in [0.4, 0.5) is 11.5 Å². The van der Waals surface area contributed by atoms with E-state index in [9.17, 15) is 4.79 Å². The van der Waals surface area contributed by atoms with Crippen molar-refractivity contribution in [2.24, 2.45) is 5.73 Å². The van der Waals surface area contributed by atoms with Crippen molar-refractivity contribution < 1.29 is 14.3 Å². The van der Waals surface area contributed by atoms with Gasteiger partial charge in [-0.05, 0) is 49.6 Å². The summed E-state index contributed by atoms with van der Waals surface area (Å²) in [5.41, 5.74) is 8.78. The minimum absolute atomic E-state index is 0.0187. The lowest BCUT2D eigenvalue weighted by Gasteiger charge is -2.36. The number of piperazine rings is 1. The van der Waals surface area contributed by atoms with Gasteiger partial charge in [0.2, 0.25) is 17.7 Å². The van der Waals surface area contributed by atoms with Gasteiger partial charge in [-0.25, -0.2) is 4.98 Å². The Labute approximate surface area is 211 Å². The van der Waals surface area contributed by atoms with Crippen molar-refractivity contribution in [1.29, 1.82) is 0 Å². The summed E-state index contributed by atoms with van der Waals surface area (Å²) < 4.78 is 11.5. The van der Waals surface area contributed by atoms with Crippen LogP contribution in [0, 0.1) is 0 Å². The number of hydrogen-bond donors (Lipinski definition) is 2. The van der Waals surface area contributed by atoms with Crippen molar-refractivity contribution in [2.45, 2.75) is 25.7 Å². The molecule has 1 saturated heterocycles. The summed E-state index contributed by atoms with van der Waals surface area (Å²) >= 11 is 0. The van der Waals surface area contributed by atoms with E-state index in [0.717, 1.165) is 74.1 Å². The number of aryl methyl sites for hydroxylation is 1. The van der Waals surface area contributed by atoms with E-state index >= 15 is 0 Å². The van der Waals surface area contributed by atoms with Crippen LogP contribution in [-0.2, 0) is 11.2 Å². The monoisotopic (exact) mass is 490 g/mol. The van der Waals surface area contributed by atoms with Gasteiger partial charge in [0, 0.05) is 56.7 Å². The van der Waals surface area contributed by atoms with Crippen LogP contribution in [0.2, 0.25) is 0 Å². The lowest BCUT2D eigenvalue weighted by atomic mass is 10.1. The number of fused-ring (bicyclic) bond motifs is 2. The maximum Gasteiger partial charge on any atom is 0.225 e. The number of nitrogens with zero attached hydrogens (tertiary/aromatic N) is 4. The standard InChI is InChI=1S/C27H34N6O3/c28-12-19-36-24-10-7-20-4-3-5-22(26(20)30-24)33-16-14-32(15-17-33)13-1-2-18-35-25-11-8-21-6-9-23(34)29-27(21)31-25/h3-5,7-8,10-11H,1-2,6,9,12-19,28H2,(H,29,31,34). The molecule has 0 atom stereocenters. The molecule has 2 aromatic heterocycles. The maximum absolute atomic E-state index is 11.6. The van der Waals surface area contributed by atoms with Crippen LogP contribution in [0.1, 0.15) is 24.8 Å². The first kappa shape index (κ1) is 24.3. The molecule has 2 aliphatic heterocycles. The molecular weight excluding hydrogens is 456 g/mol. The summed E-state index contributed by atoms with van der Waals surface area (Å²) in [5.74, 6) is 1.86. The van der Waals surface area contributed by atoms with E-state index in [-0.39, 0.29) is 5.91 Å². The number of nitrogens with two attached hydrogens (primary N) is 1. The molecule has 3 aromatic rings. The van der Waals surface area contributed by atoms with Gasteiger partial charge in [-0.1, -0.05) is 12.1 Å². The predicted octanol–water partition coefficient (Wildman–Crippen LogP) is 2.83. The largest absolute Gasteiger partial charge is 0.478 e. The Morgan fingerprint density at radius 2 is 1.69 bits per heavy atom. The molecular formula is C27H34N6O3. The fourth-order valence-corrected chi connectivity index (χ4v) is 4.74. The first-order valence-corrected chi connectivity index (χ1v) is 12.8. The van der Waals surface area contributed by atoms with Gasteiger partial charge in [0.1, 0.15) is 12.4 Å². The van der Waals surface area contributed by atoms with E-state index in [1.54, 1.807) is 0 Å². The van der Waals surface area contributed by atoms with Gasteiger partial charge in [0.25, 0.3) is 0 Å². The molecule has 0 radical (unpaired) electrons. The smallest absolute Gasteiger partial charge is 0.225 e. The van der Waals surface area contributed by atoms with Crippen LogP contribution in [0.5, 0.6) is 11.8 Å². The summed E-state index contributed by atoms with van der Waals surface area (Å²) in [5, 5.41) is 3.94. The summed E-state index contributed by atoms with van der Waals surface area (Å²) in [6, 6.07) is 14.2. The number of para-hydroxylation sites is 1. The molecule has 36 heavy (non-hydrogen) atoms. The first-order chi connectivity index (χ1) is 17.7. The lowest BCUT2D eigenvalue weighted by Crippen LogP contribution is -2.46. The van der Waals surface area contributed by atoms with Crippen LogP contribution in [-0.4, -0.2) is 73.3 Å². The fourth-order valence-electron chi connectivity index (χ4n) is 4.74. The summed E-state index contributed by atoms with van der Waals surface area (Å²) in [7, 11) is 0. The van der Waals surface area contributed by atoms with Gasteiger partial charge in [0.05, 0.1) is 17.8 Å².